The van der Waals surface area contributed by atoms with Crippen LogP contribution in [-0.4, -0.2) is 47.2 Å². The monoisotopic (exact) mass is 387 g/mol. The van der Waals surface area contributed by atoms with Gasteiger partial charge in [0.1, 0.15) is 0 Å². The number of likely N-dealkylation sites (N-methyl/N-ethyl adjacent to an activating group) is 1. The Labute approximate surface area is 157 Å². The molecule has 1 aliphatic carbocycles. The Bertz CT molecular complexity index is 636. The van der Waals surface area contributed by atoms with E-state index < -0.39 is 5.97 Å². The first-order valence-electron chi connectivity index (χ1n) is 8.28. The highest BCUT2D eigenvalue weighted by molar-refractivity contribution is 6.33. The molecule has 138 valence electrons. The number of benzene rings is 1. The molecule has 0 bridgehead atoms. The molecule has 1 aromatic carbocycles. The Morgan fingerprint density at radius 2 is 2.04 bits per heavy atom. The second-order valence-corrected chi connectivity index (χ2v) is 7.13. The van der Waals surface area contributed by atoms with E-state index in [1.165, 1.54) is 0 Å². The van der Waals surface area contributed by atoms with Gasteiger partial charge < -0.3 is 15.7 Å². The number of carbonyl (C=O) groups is 2. The zero-order valence-electron chi connectivity index (χ0n) is 14.3. The van der Waals surface area contributed by atoms with Crippen LogP contribution in [-0.2, 0) is 4.79 Å². The Morgan fingerprint density at radius 1 is 1.36 bits per heavy atom. The maximum Gasteiger partial charge on any atom is 0.317 e. The first-order chi connectivity index (χ1) is 11.8. The smallest absolute Gasteiger partial charge is 0.317 e. The lowest BCUT2D eigenvalue weighted by Gasteiger charge is -2.42. The molecule has 1 fully saturated rings. The lowest BCUT2D eigenvalue weighted by Crippen LogP contribution is -2.56. The molecule has 1 aromatic rings. The van der Waals surface area contributed by atoms with E-state index in [9.17, 15) is 9.59 Å². The molecular weight excluding hydrogens is 365 g/mol. The van der Waals surface area contributed by atoms with Crippen molar-refractivity contribution in [2.24, 2.45) is 0 Å². The number of carbonyl (C=O) groups excluding carboxylic acids is 1. The van der Waals surface area contributed by atoms with E-state index >= 15 is 0 Å². The Kier molecular flexibility index (Phi) is 6.93. The van der Waals surface area contributed by atoms with Crippen molar-refractivity contribution in [2.45, 2.75) is 44.8 Å². The summed E-state index contributed by atoms with van der Waals surface area (Å²) in [7, 11) is 0. The number of aliphatic carboxylic acids is 1. The summed E-state index contributed by atoms with van der Waals surface area (Å²) >= 11 is 12.1. The predicted molar refractivity (Wildman–Crippen MR) is 98.2 cm³/mol. The molecule has 0 radical (unpaired) electrons. The van der Waals surface area contributed by atoms with Crippen LogP contribution in [0.5, 0.6) is 0 Å². The van der Waals surface area contributed by atoms with Gasteiger partial charge in [0.15, 0.2) is 0 Å². The summed E-state index contributed by atoms with van der Waals surface area (Å²) < 4.78 is 0. The molecule has 1 atom stereocenters. The van der Waals surface area contributed by atoms with E-state index in [1.54, 1.807) is 18.2 Å². The molecule has 0 heterocycles. The Balaban J connectivity index is 1.80. The molecule has 0 aromatic heterocycles. The van der Waals surface area contributed by atoms with Crippen LogP contribution in [0.15, 0.2) is 18.2 Å². The van der Waals surface area contributed by atoms with Crippen LogP contribution >= 0.6 is 23.2 Å². The van der Waals surface area contributed by atoms with Crippen molar-refractivity contribution in [3.8, 4) is 0 Å². The van der Waals surface area contributed by atoms with Gasteiger partial charge >= 0.3 is 12.0 Å². The number of hydrogen-bond acceptors (Lipinski definition) is 3. The van der Waals surface area contributed by atoms with Crippen molar-refractivity contribution in [1.29, 1.82) is 0 Å². The van der Waals surface area contributed by atoms with E-state index in [1.807, 2.05) is 18.7 Å². The molecular formula is C17H23Cl2N3O3. The largest absolute Gasteiger partial charge is 0.480 e. The third-order valence-corrected chi connectivity index (χ3v) is 5.06. The summed E-state index contributed by atoms with van der Waals surface area (Å²) in [6, 6.07) is 4.84. The minimum atomic E-state index is -0.830. The number of carboxylic acid groups (broad SMARTS) is 1. The van der Waals surface area contributed by atoms with Crippen LogP contribution in [0, 0.1) is 0 Å². The number of hydrogen-bond donors (Lipinski definition) is 3. The molecule has 8 heteroatoms. The van der Waals surface area contributed by atoms with Crippen LogP contribution in [0.1, 0.15) is 38.3 Å². The fraction of sp³-hybridized carbons (Fsp3) is 0.529. The third kappa shape index (κ3) is 5.49. The van der Waals surface area contributed by atoms with Crippen molar-refractivity contribution in [1.82, 2.24) is 15.5 Å². The number of nitrogens with zero attached hydrogens (tertiary/aromatic N) is 1. The van der Waals surface area contributed by atoms with Gasteiger partial charge in [0.05, 0.1) is 12.6 Å². The summed E-state index contributed by atoms with van der Waals surface area (Å²) in [5.41, 5.74) is 0.759. The molecule has 2 amide bonds. The molecule has 6 nitrogen and oxygen atoms in total. The maximum atomic E-state index is 12.1. The first kappa shape index (κ1) is 19.8. The van der Waals surface area contributed by atoms with Gasteiger partial charge in [0.25, 0.3) is 0 Å². The van der Waals surface area contributed by atoms with E-state index in [0.717, 1.165) is 18.4 Å². The molecule has 3 N–H and O–H groups in total. The van der Waals surface area contributed by atoms with Crippen LogP contribution in [0.4, 0.5) is 4.79 Å². The standard InChI is InChI=1S/C17H23Cl2N3O3/c1-3-22(9-16(23)24)13-7-12(8-13)21-17(25)20-10(2)14-6-11(18)4-5-15(14)19/h4-6,10,12-13H,3,7-9H2,1-2H3,(H,23,24)(H2,20,21,25)/t10-,12?,13?/m0/s1. The highest BCUT2D eigenvalue weighted by Gasteiger charge is 2.34. The molecule has 0 unspecified atom stereocenters. The summed E-state index contributed by atoms with van der Waals surface area (Å²) in [5.74, 6) is -0.830. The van der Waals surface area contributed by atoms with Gasteiger partial charge in [-0.05, 0) is 50.1 Å². The molecule has 1 saturated carbocycles. The third-order valence-electron chi connectivity index (χ3n) is 4.48. The fourth-order valence-corrected chi connectivity index (χ4v) is 3.49. The van der Waals surface area contributed by atoms with E-state index in [2.05, 4.69) is 10.6 Å². The van der Waals surface area contributed by atoms with Gasteiger partial charge in [-0.15, -0.1) is 0 Å². The molecule has 0 aliphatic heterocycles. The predicted octanol–water partition coefficient (Wildman–Crippen LogP) is 3.29. The van der Waals surface area contributed by atoms with E-state index in [4.69, 9.17) is 28.3 Å². The first-order valence-corrected chi connectivity index (χ1v) is 9.03. The second kappa shape index (κ2) is 8.74. The van der Waals surface area contributed by atoms with Gasteiger partial charge in [0.2, 0.25) is 0 Å². The molecule has 0 saturated heterocycles. The van der Waals surface area contributed by atoms with E-state index in [-0.39, 0.29) is 30.7 Å². The minimum absolute atomic E-state index is 0.0321. The number of halogens is 2. The van der Waals surface area contributed by atoms with E-state index in [0.29, 0.717) is 16.6 Å². The van der Waals surface area contributed by atoms with Gasteiger partial charge in [0, 0.05) is 22.1 Å². The highest BCUT2D eigenvalue weighted by atomic mass is 35.5. The quantitative estimate of drug-likeness (QED) is 0.670. The second-order valence-electron chi connectivity index (χ2n) is 6.28. The van der Waals surface area contributed by atoms with Crippen molar-refractivity contribution in [3.05, 3.63) is 33.8 Å². The minimum Gasteiger partial charge on any atom is -0.480 e. The van der Waals surface area contributed by atoms with Gasteiger partial charge in [-0.1, -0.05) is 30.1 Å². The van der Waals surface area contributed by atoms with Crippen LogP contribution < -0.4 is 10.6 Å². The summed E-state index contributed by atoms with van der Waals surface area (Å²) in [4.78, 5) is 24.9. The highest BCUT2D eigenvalue weighted by Crippen LogP contribution is 2.27. The number of amides is 2. The van der Waals surface area contributed by atoms with Crippen molar-refractivity contribution >= 4 is 35.2 Å². The van der Waals surface area contributed by atoms with Crippen molar-refractivity contribution < 1.29 is 14.7 Å². The zero-order valence-corrected chi connectivity index (χ0v) is 15.8. The van der Waals surface area contributed by atoms with Gasteiger partial charge in [-0.25, -0.2) is 4.79 Å². The lowest BCUT2D eigenvalue weighted by molar-refractivity contribution is -0.139. The number of rotatable bonds is 7. The Hall–Kier alpha value is -1.50. The molecule has 2 rings (SSSR count). The molecule has 25 heavy (non-hydrogen) atoms. The van der Waals surface area contributed by atoms with Gasteiger partial charge in [-0.3, -0.25) is 9.69 Å². The average molecular weight is 388 g/mol. The topological polar surface area (TPSA) is 81.7 Å². The number of carboxylic acids is 1. The Morgan fingerprint density at radius 3 is 2.64 bits per heavy atom. The van der Waals surface area contributed by atoms with Gasteiger partial charge in [-0.2, -0.15) is 0 Å². The molecule has 1 aliphatic rings. The van der Waals surface area contributed by atoms with Crippen molar-refractivity contribution in [3.63, 3.8) is 0 Å². The molecule has 0 spiro atoms. The van der Waals surface area contributed by atoms with Crippen molar-refractivity contribution in [2.75, 3.05) is 13.1 Å². The van der Waals surface area contributed by atoms with Crippen LogP contribution in [0.25, 0.3) is 0 Å². The fourth-order valence-electron chi connectivity index (χ4n) is 3.02. The van der Waals surface area contributed by atoms with Crippen LogP contribution in [0.3, 0.4) is 0 Å². The zero-order chi connectivity index (χ0) is 18.6. The lowest BCUT2D eigenvalue weighted by atomic mass is 9.85. The summed E-state index contributed by atoms with van der Waals surface area (Å²) in [6.45, 7) is 4.49. The normalized spacial score (nSPS) is 20.7. The number of urea groups is 1. The maximum absolute atomic E-state index is 12.1. The number of nitrogens with one attached hydrogen (secondary N) is 2. The average Bonchev–Trinajstić information content (AvgIpc) is 2.50. The SMILES string of the molecule is CCN(CC(=O)O)C1CC(NC(=O)N[C@@H](C)c2cc(Cl)ccc2Cl)C1. The van der Waals surface area contributed by atoms with Crippen LogP contribution in [0.2, 0.25) is 10.0 Å². The summed E-state index contributed by atoms with van der Waals surface area (Å²) in [5, 5.41) is 15.8. The summed E-state index contributed by atoms with van der Waals surface area (Å²) in [6.07, 6.45) is 1.50.